The highest BCUT2D eigenvalue weighted by Gasteiger charge is 2.38. The molecule has 0 aromatic heterocycles. The Morgan fingerprint density at radius 2 is 1.84 bits per heavy atom. The van der Waals surface area contributed by atoms with E-state index in [0.29, 0.717) is 35.4 Å². The van der Waals surface area contributed by atoms with Gasteiger partial charge in [0.15, 0.2) is 6.73 Å². The second-order valence-electron chi connectivity index (χ2n) is 10.4. The number of likely N-dealkylation sites (tertiary alicyclic amines) is 1. The molecule has 6 nitrogen and oxygen atoms in total. The molecule has 204 valence electrons. The van der Waals surface area contributed by atoms with E-state index >= 15 is 0 Å². The van der Waals surface area contributed by atoms with Crippen LogP contribution in [0.5, 0.6) is 5.75 Å². The summed E-state index contributed by atoms with van der Waals surface area (Å²) in [4.78, 5) is 29.4. The molecule has 2 aromatic rings. The average molecular weight is 531 g/mol. The number of hydrogen-bond acceptors (Lipinski definition) is 5. The van der Waals surface area contributed by atoms with Crippen molar-refractivity contribution in [3.63, 3.8) is 0 Å². The minimum atomic E-state index is -4.43. The summed E-state index contributed by atoms with van der Waals surface area (Å²) in [6.07, 6.45) is 0.00414. The van der Waals surface area contributed by atoms with Crippen molar-refractivity contribution in [1.29, 1.82) is 0 Å². The number of benzene rings is 2. The van der Waals surface area contributed by atoms with Crippen molar-refractivity contribution >= 4 is 11.9 Å². The van der Waals surface area contributed by atoms with Gasteiger partial charge in [-0.05, 0) is 93.9 Å². The third kappa shape index (κ3) is 5.67. The van der Waals surface area contributed by atoms with Gasteiger partial charge in [0.2, 0.25) is 5.91 Å². The van der Waals surface area contributed by atoms with Gasteiger partial charge in [-0.25, -0.2) is 4.79 Å². The number of alkyl halides is 3. The second kappa shape index (κ2) is 11.0. The zero-order valence-corrected chi connectivity index (χ0v) is 21.5. The first-order chi connectivity index (χ1) is 18.2. The van der Waals surface area contributed by atoms with Crippen LogP contribution in [0.3, 0.4) is 0 Å². The van der Waals surface area contributed by atoms with Crippen LogP contribution in [0.4, 0.5) is 13.2 Å². The van der Waals surface area contributed by atoms with Crippen LogP contribution in [0.25, 0.3) is 0 Å². The van der Waals surface area contributed by atoms with Crippen molar-refractivity contribution in [2.24, 2.45) is 5.92 Å². The molecule has 2 unspecified atom stereocenters. The summed E-state index contributed by atoms with van der Waals surface area (Å²) in [5.41, 5.74) is 1.41. The first-order valence-electron chi connectivity index (χ1n) is 13.4. The number of rotatable bonds is 5. The van der Waals surface area contributed by atoms with Crippen molar-refractivity contribution in [2.45, 2.75) is 63.7 Å². The van der Waals surface area contributed by atoms with E-state index < -0.39 is 11.7 Å². The Bertz CT molecular complexity index is 1180. The van der Waals surface area contributed by atoms with Gasteiger partial charge in [-0.1, -0.05) is 12.1 Å². The standard InChI is InChI=1S/C29H33F3N2O4/c1-2-37-28(36)22-5-3-4-20(14-22)19-10-12-33(13-11-19)25-8-6-21(16-25)27(35)34-17-23-15-24(29(30,31)32)7-9-26(23)38-18-34/h3-5,7,9,14-15,19,21,25H,2,6,8,10-13,16-18H2,1H3. The summed E-state index contributed by atoms with van der Waals surface area (Å²) in [5.74, 6) is 0.307. The van der Waals surface area contributed by atoms with E-state index in [1.54, 1.807) is 13.0 Å². The fourth-order valence-electron chi connectivity index (χ4n) is 6.06. The van der Waals surface area contributed by atoms with Gasteiger partial charge in [-0.15, -0.1) is 0 Å². The molecule has 1 saturated carbocycles. The normalized spacial score (nSPS) is 22.6. The zero-order chi connectivity index (χ0) is 26.9. The molecule has 0 bridgehead atoms. The van der Waals surface area contributed by atoms with E-state index in [-0.39, 0.29) is 31.1 Å². The molecular formula is C29H33F3N2O4. The number of carbonyl (C=O) groups is 2. The lowest BCUT2D eigenvalue weighted by molar-refractivity contribution is -0.140. The lowest BCUT2D eigenvalue weighted by Crippen LogP contribution is -2.42. The number of fused-ring (bicyclic) bond motifs is 1. The largest absolute Gasteiger partial charge is 0.473 e. The quantitative estimate of drug-likeness (QED) is 0.471. The molecule has 2 aromatic carbocycles. The van der Waals surface area contributed by atoms with Crippen LogP contribution in [0.2, 0.25) is 0 Å². The second-order valence-corrected chi connectivity index (χ2v) is 10.4. The molecule has 0 radical (unpaired) electrons. The number of piperidine rings is 1. The van der Waals surface area contributed by atoms with Gasteiger partial charge < -0.3 is 19.3 Å². The van der Waals surface area contributed by atoms with E-state index in [0.717, 1.165) is 62.9 Å². The number of nitrogens with zero attached hydrogens (tertiary/aromatic N) is 2. The molecule has 1 aliphatic carbocycles. The Kier molecular flexibility index (Phi) is 7.66. The Labute approximate surface area is 220 Å². The predicted molar refractivity (Wildman–Crippen MR) is 135 cm³/mol. The van der Waals surface area contributed by atoms with Crippen molar-refractivity contribution in [3.8, 4) is 5.75 Å². The zero-order valence-electron chi connectivity index (χ0n) is 21.5. The Morgan fingerprint density at radius 1 is 1.05 bits per heavy atom. The van der Waals surface area contributed by atoms with E-state index in [1.807, 2.05) is 12.1 Å². The summed E-state index contributed by atoms with van der Waals surface area (Å²) < 4.78 is 50.1. The summed E-state index contributed by atoms with van der Waals surface area (Å²) >= 11 is 0. The lowest BCUT2D eigenvalue weighted by Gasteiger charge is -2.36. The molecule has 2 atom stereocenters. The van der Waals surface area contributed by atoms with Crippen molar-refractivity contribution in [1.82, 2.24) is 9.80 Å². The van der Waals surface area contributed by atoms with Gasteiger partial charge in [0, 0.05) is 17.5 Å². The SMILES string of the molecule is CCOC(=O)c1cccc(C2CCN(C3CCC(C(=O)N4COc5ccc(C(F)(F)F)cc5C4)C3)CC2)c1. The molecule has 0 N–H and O–H groups in total. The fraction of sp³-hybridized carbons (Fsp3) is 0.517. The summed E-state index contributed by atoms with van der Waals surface area (Å²) in [6, 6.07) is 11.5. The minimum absolute atomic E-state index is 0.0405. The van der Waals surface area contributed by atoms with Gasteiger partial charge in [-0.3, -0.25) is 4.79 Å². The van der Waals surface area contributed by atoms with Crippen LogP contribution >= 0.6 is 0 Å². The maximum Gasteiger partial charge on any atom is 0.416 e. The number of esters is 1. The number of carbonyl (C=O) groups excluding carboxylic acids is 2. The topological polar surface area (TPSA) is 59.1 Å². The highest BCUT2D eigenvalue weighted by atomic mass is 19.4. The monoisotopic (exact) mass is 530 g/mol. The highest BCUT2D eigenvalue weighted by molar-refractivity contribution is 5.89. The number of ether oxygens (including phenoxy) is 2. The molecule has 1 saturated heterocycles. The van der Waals surface area contributed by atoms with Crippen molar-refractivity contribution < 1.29 is 32.2 Å². The molecule has 5 rings (SSSR count). The summed E-state index contributed by atoms with van der Waals surface area (Å²) in [6.45, 7) is 4.21. The van der Waals surface area contributed by atoms with E-state index in [2.05, 4.69) is 11.0 Å². The van der Waals surface area contributed by atoms with Gasteiger partial charge in [-0.2, -0.15) is 13.2 Å². The maximum atomic E-state index is 13.3. The molecule has 0 spiro atoms. The number of halogens is 3. The fourth-order valence-corrected chi connectivity index (χ4v) is 6.06. The van der Waals surface area contributed by atoms with Crippen LogP contribution in [-0.2, 0) is 22.3 Å². The Morgan fingerprint density at radius 3 is 2.58 bits per heavy atom. The van der Waals surface area contributed by atoms with Crippen LogP contribution < -0.4 is 4.74 Å². The van der Waals surface area contributed by atoms with Crippen LogP contribution in [0.1, 0.15) is 72.0 Å². The lowest BCUT2D eigenvalue weighted by atomic mass is 9.88. The summed E-state index contributed by atoms with van der Waals surface area (Å²) in [7, 11) is 0. The van der Waals surface area contributed by atoms with Gasteiger partial charge >= 0.3 is 12.1 Å². The highest BCUT2D eigenvalue weighted by Crippen LogP contribution is 2.38. The first kappa shape index (κ1) is 26.5. The Hall–Kier alpha value is -3.07. The number of amides is 1. The molecule has 1 amide bonds. The van der Waals surface area contributed by atoms with Crippen molar-refractivity contribution in [2.75, 3.05) is 26.4 Å². The third-order valence-electron chi connectivity index (χ3n) is 8.11. The van der Waals surface area contributed by atoms with Crippen molar-refractivity contribution in [3.05, 3.63) is 64.7 Å². The molecule has 38 heavy (non-hydrogen) atoms. The average Bonchev–Trinajstić information content (AvgIpc) is 3.42. The molecule has 2 fully saturated rings. The molecule has 2 aliphatic heterocycles. The molecular weight excluding hydrogens is 497 g/mol. The van der Waals surface area contributed by atoms with E-state index in [4.69, 9.17) is 9.47 Å². The van der Waals surface area contributed by atoms with E-state index in [9.17, 15) is 22.8 Å². The summed E-state index contributed by atoms with van der Waals surface area (Å²) in [5, 5.41) is 0. The van der Waals surface area contributed by atoms with Gasteiger partial charge in [0.05, 0.1) is 24.3 Å². The van der Waals surface area contributed by atoms with Crippen LogP contribution in [0.15, 0.2) is 42.5 Å². The molecule has 3 aliphatic rings. The van der Waals surface area contributed by atoms with Crippen LogP contribution in [0, 0.1) is 5.92 Å². The molecule has 2 heterocycles. The minimum Gasteiger partial charge on any atom is -0.473 e. The number of hydrogen-bond donors (Lipinski definition) is 0. The smallest absolute Gasteiger partial charge is 0.416 e. The predicted octanol–water partition coefficient (Wildman–Crippen LogP) is 5.61. The molecule has 9 heteroatoms. The first-order valence-corrected chi connectivity index (χ1v) is 13.4. The van der Waals surface area contributed by atoms with Gasteiger partial charge in [0.1, 0.15) is 5.75 Å². The third-order valence-corrected chi connectivity index (χ3v) is 8.11. The van der Waals surface area contributed by atoms with Gasteiger partial charge in [0.25, 0.3) is 0 Å². The van der Waals surface area contributed by atoms with Crippen LogP contribution in [-0.4, -0.2) is 54.1 Å². The Balaban J connectivity index is 1.14. The maximum absolute atomic E-state index is 13.3. The van der Waals surface area contributed by atoms with E-state index in [1.165, 1.54) is 11.0 Å².